The van der Waals surface area contributed by atoms with Crippen molar-refractivity contribution in [2.75, 3.05) is 27.0 Å². The second-order valence-corrected chi connectivity index (χ2v) is 4.66. The molecule has 3 N–H and O–H groups in total. The summed E-state index contributed by atoms with van der Waals surface area (Å²) in [7, 11) is 4.88. The minimum absolute atomic E-state index is 0.142. The van der Waals surface area contributed by atoms with Gasteiger partial charge in [-0.1, -0.05) is 12.1 Å². The Morgan fingerprint density at radius 3 is 2.67 bits per heavy atom. The molecule has 0 aliphatic carbocycles. The van der Waals surface area contributed by atoms with E-state index in [0.29, 0.717) is 29.4 Å². The van der Waals surface area contributed by atoms with Crippen molar-refractivity contribution < 1.29 is 14.3 Å². The number of rotatable bonds is 5. The number of carbonyl (C=O) groups is 1. The van der Waals surface area contributed by atoms with Gasteiger partial charge in [0.2, 0.25) is 0 Å². The summed E-state index contributed by atoms with van der Waals surface area (Å²) in [5.74, 6) is 1.13. The Morgan fingerprint density at radius 1 is 1.33 bits per heavy atom. The first-order chi connectivity index (χ1) is 10.1. The second kappa shape index (κ2) is 6.21. The van der Waals surface area contributed by atoms with Crippen molar-refractivity contribution in [3.8, 4) is 11.5 Å². The maximum atomic E-state index is 12.3. The van der Waals surface area contributed by atoms with Gasteiger partial charge in [-0.05, 0) is 12.1 Å². The van der Waals surface area contributed by atoms with Gasteiger partial charge >= 0.3 is 0 Å². The maximum Gasteiger partial charge on any atom is 0.270 e. The number of aromatic nitrogens is 1. The van der Waals surface area contributed by atoms with E-state index in [1.807, 2.05) is 18.2 Å². The molecule has 6 heteroatoms. The highest BCUT2D eigenvalue weighted by molar-refractivity contribution is 5.93. The van der Waals surface area contributed by atoms with E-state index in [9.17, 15) is 4.79 Å². The van der Waals surface area contributed by atoms with Crippen molar-refractivity contribution in [3.05, 3.63) is 41.7 Å². The highest BCUT2D eigenvalue weighted by Crippen LogP contribution is 2.31. The fourth-order valence-corrected chi connectivity index (χ4v) is 2.15. The lowest BCUT2D eigenvalue weighted by Gasteiger charge is -2.19. The summed E-state index contributed by atoms with van der Waals surface area (Å²) in [6, 6.07) is 7.19. The van der Waals surface area contributed by atoms with Crippen molar-refractivity contribution in [2.24, 2.45) is 0 Å². The van der Waals surface area contributed by atoms with Crippen LogP contribution in [0.5, 0.6) is 11.5 Å². The fourth-order valence-electron chi connectivity index (χ4n) is 2.15. The number of aromatic amines is 1. The predicted molar refractivity (Wildman–Crippen MR) is 80.5 cm³/mol. The summed E-state index contributed by atoms with van der Waals surface area (Å²) in [5, 5.41) is 0. The number of anilines is 1. The SMILES string of the molecule is COc1cccc(CN(C)C(=O)c2cc(N)c[nH]2)c1OC. The van der Waals surface area contributed by atoms with E-state index in [2.05, 4.69) is 4.98 Å². The highest BCUT2D eigenvalue weighted by Gasteiger charge is 2.17. The summed E-state index contributed by atoms with van der Waals surface area (Å²) in [4.78, 5) is 16.7. The first-order valence-electron chi connectivity index (χ1n) is 6.46. The summed E-state index contributed by atoms with van der Waals surface area (Å²) in [6.07, 6.45) is 1.59. The third kappa shape index (κ3) is 3.10. The minimum Gasteiger partial charge on any atom is -0.493 e. The summed E-state index contributed by atoms with van der Waals surface area (Å²) >= 11 is 0. The molecule has 2 aromatic rings. The molecule has 0 saturated carbocycles. The van der Waals surface area contributed by atoms with Crippen LogP contribution >= 0.6 is 0 Å². The molecular weight excluding hydrogens is 270 g/mol. The molecule has 0 aliphatic rings. The van der Waals surface area contributed by atoms with E-state index in [-0.39, 0.29) is 5.91 Å². The van der Waals surface area contributed by atoms with Crippen LogP contribution in [0.4, 0.5) is 5.69 Å². The zero-order chi connectivity index (χ0) is 15.4. The largest absolute Gasteiger partial charge is 0.493 e. The van der Waals surface area contributed by atoms with Crippen LogP contribution in [0.25, 0.3) is 0 Å². The van der Waals surface area contributed by atoms with Crippen molar-refractivity contribution in [1.29, 1.82) is 0 Å². The van der Waals surface area contributed by atoms with Crippen molar-refractivity contribution in [3.63, 3.8) is 0 Å². The lowest BCUT2D eigenvalue weighted by molar-refractivity contribution is 0.0779. The van der Waals surface area contributed by atoms with Crippen molar-refractivity contribution in [2.45, 2.75) is 6.54 Å². The Morgan fingerprint density at radius 2 is 2.10 bits per heavy atom. The van der Waals surface area contributed by atoms with Crippen LogP contribution in [0.3, 0.4) is 0 Å². The number of benzene rings is 1. The molecule has 0 atom stereocenters. The Hall–Kier alpha value is -2.63. The van der Waals surface area contributed by atoms with E-state index in [4.69, 9.17) is 15.2 Å². The van der Waals surface area contributed by atoms with Gasteiger partial charge in [0.25, 0.3) is 5.91 Å². The molecule has 2 rings (SSSR count). The Bertz CT molecular complexity index is 637. The normalized spacial score (nSPS) is 10.2. The molecule has 0 radical (unpaired) electrons. The van der Waals surface area contributed by atoms with Crippen LogP contribution in [-0.2, 0) is 6.54 Å². The van der Waals surface area contributed by atoms with Gasteiger partial charge in [0.05, 0.1) is 14.2 Å². The van der Waals surface area contributed by atoms with Crippen LogP contribution in [0, 0.1) is 0 Å². The van der Waals surface area contributed by atoms with Gasteiger partial charge in [0.15, 0.2) is 11.5 Å². The molecule has 0 saturated heterocycles. The number of nitrogens with one attached hydrogen (secondary N) is 1. The summed E-state index contributed by atoms with van der Waals surface area (Å²) in [5.41, 5.74) is 7.47. The van der Waals surface area contributed by atoms with Gasteiger partial charge in [-0.3, -0.25) is 4.79 Å². The van der Waals surface area contributed by atoms with Gasteiger partial charge in [-0.2, -0.15) is 0 Å². The third-order valence-corrected chi connectivity index (χ3v) is 3.17. The van der Waals surface area contributed by atoms with Gasteiger partial charge in [0, 0.05) is 31.0 Å². The summed E-state index contributed by atoms with van der Waals surface area (Å²) < 4.78 is 10.6. The molecule has 1 heterocycles. The first-order valence-corrected chi connectivity index (χ1v) is 6.46. The molecule has 0 unspecified atom stereocenters. The average molecular weight is 289 g/mol. The number of methoxy groups -OCH3 is 2. The average Bonchev–Trinajstić information content (AvgIpc) is 2.92. The molecule has 1 amide bonds. The monoisotopic (exact) mass is 289 g/mol. The number of ether oxygens (including phenoxy) is 2. The number of carbonyl (C=O) groups excluding carboxylic acids is 1. The number of amides is 1. The lowest BCUT2D eigenvalue weighted by atomic mass is 10.1. The van der Waals surface area contributed by atoms with Crippen LogP contribution < -0.4 is 15.2 Å². The van der Waals surface area contributed by atoms with E-state index in [1.165, 1.54) is 0 Å². The first kappa shape index (κ1) is 14.8. The molecule has 0 spiro atoms. The molecule has 0 aliphatic heterocycles. The number of para-hydroxylation sites is 1. The Kier molecular flexibility index (Phi) is 4.37. The molecule has 1 aromatic carbocycles. The van der Waals surface area contributed by atoms with E-state index in [1.54, 1.807) is 38.4 Å². The number of H-pyrrole nitrogens is 1. The van der Waals surface area contributed by atoms with E-state index in [0.717, 1.165) is 5.56 Å². The number of nitrogens with zero attached hydrogens (tertiary/aromatic N) is 1. The standard InChI is InChI=1S/C15H19N3O3/c1-18(15(19)12-7-11(16)8-17-12)9-10-5-4-6-13(20-2)14(10)21-3/h4-8,17H,9,16H2,1-3H3. The van der Waals surface area contributed by atoms with Crippen molar-refractivity contribution in [1.82, 2.24) is 9.88 Å². The topological polar surface area (TPSA) is 80.6 Å². The number of hydrogen-bond acceptors (Lipinski definition) is 4. The third-order valence-electron chi connectivity index (χ3n) is 3.17. The van der Waals surface area contributed by atoms with Gasteiger partial charge in [-0.25, -0.2) is 0 Å². The molecule has 1 aromatic heterocycles. The smallest absolute Gasteiger partial charge is 0.270 e. The van der Waals surface area contributed by atoms with Crippen LogP contribution in [0.2, 0.25) is 0 Å². The van der Waals surface area contributed by atoms with Gasteiger partial charge in [0.1, 0.15) is 5.69 Å². The number of nitrogen functional groups attached to an aromatic ring is 1. The van der Waals surface area contributed by atoms with E-state index < -0.39 is 0 Å². The lowest BCUT2D eigenvalue weighted by Crippen LogP contribution is -2.26. The molecule has 0 fully saturated rings. The van der Waals surface area contributed by atoms with Crippen LogP contribution in [0.15, 0.2) is 30.5 Å². The van der Waals surface area contributed by atoms with Crippen molar-refractivity contribution >= 4 is 11.6 Å². The van der Waals surface area contributed by atoms with Gasteiger partial charge in [-0.15, -0.1) is 0 Å². The number of hydrogen-bond donors (Lipinski definition) is 2. The molecule has 6 nitrogen and oxygen atoms in total. The molecular formula is C15H19N3O3. The predicted octanol–water partition coefficient (Wildman–Crippen LogP) is 1.89. The Balaban J connectivity index is 2.19. The highest BCUT2D eigenvalue weighted by atomic mass is 16.5. The fraction of sp³-hybridized carbons (Fsp3) is 0.267. The Labute approximate surface area is 123 Å². The quantitative estimate of drug-likeness (QED) is 0.880. The molecule has 21 heavy (non-hydrogen) atoms. The van der Waals surface area contributed by atoms with Crippen LogP contribution in [-0.4, -0.2) is 37.1 Å². The van der Waals surface area contributed by atoms with E-state index >= 15 is 0 Å². The molecule has 112 valence electrons. The summed E-state index contributed by atoms with van der Waals surface area (Å²) in [6.45, 7) is 0.401. The van der Waals surface area contributed by atoms with Gasteiger partial charge < -0.3 is 25.1 Å². The molecule has 0 bridgehead atoms. The zero-order valence-corrected chi connectivity index (χ0v) is 12.3. The zero-order valence-electron chi connectivity index (χ0n) is 12.3. The minimum atomic E-state index is -0.142. The second-order valence-electron chi connectivity index (χ2n) is 4.66. The maximum absolute atomic E-state index is 12.3. The van der Waals surface area contributed by atoms with Crippen LogP contribution in [0.1, 0.15) is 16.1 Å². The number of nitrogens with two attached hydrogens (primary N) is 1.